The Morgan fingerprint density at radius 3 is 1.88 bits per heavy atom. The predicted molar refractivity (Wildman–Crippen MR) is 93.0 cm³/mol. The van der Waals surface area contributed by atoms with Crippen molar-refractivity contribution in [3.8, 4) is 17.2 Å². The molecular weight excluding hydrogens is 347 g/mol. The summed E-state index contributed by atoms with van der Waals surface area (Å²) >= 11 is 0. The Morgan fingerprint density at radius 2 is 1.42 bits per heavy atom. The van der Waals surface area contributed by atoms with Crippen molar-refractivity contribution >= 4 is 0 Å². The lowest BCUT2D eigenvalue weighted by Crippen LogP contribution is -2.17. The third-order valence-electron chi connectivity index (χ3n) is 3.93. The molecule has 2 aromatic carbocycles. The number of benzene rings is 2. The fourth-order valence-electron chi connectivity index (χ4n) is 2.56. The van der Waals surface area contributed by atoms with Crippen LogP contribution in [0.5, 0.6) is 17.2 Å². The first kappa shape index (κ1) is 19.9. The molecule has 0 atom stereocenters. The van der Waals surface area contributed by atoms with Crippen LogP contribution in [0.2, 0.25) is 0 Å². The molecule has 0 radical (unpaired) electrons. The van der Waals surface area contributed by atoms with Gasteiger partial charge in [-0.3, -0.25) is 0 Å². The SMILES string of the molecule is COc1cc(CNCCc2ccc(C(F)(F)F)cc2)cc(OC)c1OC. The molecule has 0 amide bonds. The summed E-state index contributed by atoms with van der Waals surface area (Å²) in [7, 11) is 4.65. The van der Waals surface area contributed by atoms with Crippen LogP contribution >= 0.6 is 0 Å². The highest BCUT2D eigenvalue weighted by Gasteiger charge is 2.29. The van der Waals surface area contributed by atoms with Gasteiger partial charge in [0.15, 0.2) is 11.5 Å². The Hall–Kier alpha value is -2.41. The molecule has 0 saturated carbocycles. The molecule has 0 bridgehead atoms. The van der Waals surface area contributed by atoms with E-state index >= 15 is 0 Å². The molecule has 4 nitrogen and oxygen atoms in total. The fourth-order valence-corrected chi connectivity index (χ4v) is 2.56. The molecule has 2 rings (SSSR count). The highest BCUT2D eigenvalue weighted by molar-refractivity contribution is 5.53. The van der Waals surface area contributed by atoms with Crippen LogP contribution in [0.1, 0.15) is 16.7 Å². The molecule has 0 fully saturated rings. The smallest absolute Gasteiger partial charge is 0.416 e. The summed E-state index contributed by atoms with van der Waals surface area (Å²) in [6.45, 7) is 1.19. The Labute approximate surface area is 150 Å². The maximum Gasteiger partial charge on any atom is 0.416 e. The van der Waals surface area contributed by atoms with Crippen LogP contribution in [0.4, 0.5) is 13.2 Å². The van der Waals surface area contributed by atoms with E-state index in [9.17, 15) is 13.2 Å². The third kappa shape index (κ3) is 5.05. The summed E-state index contributed by atoms with van der Waals surface area (Å²) in [6, 6.07) is 8.93. The van der Waals surface area contributed by atoms with Gasteiger partial charge < -0.3 is 19.5 Å². The van der Waals surface area contributed by atoms with Crippen LogP contribution in [0.25, 0.3) is 0 Å². The van der Waals surface area contributed by atoms with Gasteiger partial charge in [-0.15, -0.1) is 0 Å². The normalized spacial score (nSPS) is 11.3. The zero-order valence-corrected chi connectivity index (χ0v) is 14.9. The molecule has 0 aromatic heterocycles. The average Bonchev–Trinajstić information content (AvgIpc) is 2.63. The van der Waals surface area contributed by atoms with Gasteiger partial charge >= 0.3 is 6.18 Å². The zero-order chi connectivity index (χ0) is 19.2. The van der Waals surface area contributed by atoms with Gasteiger partial charge in [0.05, 0.1) is 26.9 Å². The lowest BCUT2D eigenvalue weighted by Gasteiger charge is -2.14. The van der Waals surface area contributed by atoms with Crippen molar-refractivity contribution in [2.75, 3.05) is 27.9 Å². The second-order valence-electron chi connectivity index (χ2n) is 5.66. The number of hydrogen-bond donors (Lipinski definition) is 1. The van der Waals surface area contributed by atoms with Crippen LogP contribution in [-0.2, 0) is 19.1 Å². The van der Waals surface area contributed by atoms with Crippen molar-refractivity contribution in [3.05, 3.63) is 53.1 Å². The standard InChI is InChI=1S/C19H22F3NO3/c1-24-16-10-14(11-17(25-2)18(16)26-3)12-23-9-8-13-4-6-15(7-5-13)19(20,21)22/h4-7,10-11,23H,8-9,12H2,1-3H3. The molecule has 0 saturated heterocycles. The van der Waals surface area contributed by atoms with Gasteiger partial charge in [0, 0.05) is 6.54 Å². The second kappa shape index (κ2) is 8.80. The van der Waals surface area contributed by atoms with Gasteiger partial charge in [-0.05, 0) is 48.4 Å². The van der Waals surface area contributed by atoms with Crippen LogP contribution in [0, 0.1) is 0 Å². The first-order chi connectivity index (χ1) is 12.4. The maximum absolute atomic E-state index is 12.5. The highest BCUT2D eigenvalue weighted by Crippen LogP contribution is 2.38. The van der Waals surface area contributed by atoms with E-state index in [1.807, 2.05) is 12.1 Å². The zero-order valence-electron chi connectivity index (χ0n) is 14.9. The summed E-state index contributed by atoms with van der Waals surface area (Å²) in [5.41, 5.74) is 1.16. The number of halogens is 3. The summed E-state index contributed by atoms with van der Waals surface area (Å²) in [5, 5.41) is 3.26. The molecule has 0 heterocycles. The predicted octanol–water partition coefficient (Wildman–Crippen LogP) is 4.06. The van der Waals surface area contributed by atoms with E-state index in [4.69, 9.17) is 14.2 Å². The molecule has 0 aliphatic rings. The molecule has 142 valence electrons. The van der Waals surface area contributed by atoms with E-state index in [0.29, 0.717) is 36.8 Å². The topological polar surface area (TPSA) is 39.7 Å². The van der Waals surface area contributed by atoms with Crippen LogP contribution in [-0.4, -0.2) is 27.9 Å². The summed E-state index contributed by atoms with van der Waals surface area (Å²) in [6.07, 6.45) is -3.67. The minimum Gasteiger partial charge on any atom is -0.493 e. The van der Waals surface area contributed by atoms with E-state index in [-0.39, 0.29) is 0 Å². The molecule has 1 N–H and O–H groups in total. The van der Waals surface area contributed by atoms with Crippen molar-refractivity contribution in [2.24, 2.45) is 0 Å². The van der Waals surface area contributed by atoms with Crippen molar-refractivity contribution < 1.29 is 27.4 Å². The average molecular weight is 369 g/mol. The Kier molecular flexibility index (Phi) is 6.74. The fraction of sp³-hybridized carbons (Fsp3) is 0.368. The third-order valence-corrected chi connectivity index (χ3v) is 3.93. The largest absolute Gasteiger partial charge is 0.493 e. The number of ether oxygens (including phenoxy) is 3. The van der Waals surface area contributed by atoms with Crippen molar-refractivity contribution in [1.29, 1.82) is 0 Å². The summed E-state index contributed by atoms with van der Waals surface area (Å²) in [5.74, 6) is 1.68. The highest BCUT2D eigenvalue weighted by atomic mass is 19.4. The van der Waals surface area contributed by atoms with Gasteiger partial charge in [-0.25, -0.2) is 0 Å². The number of methoxy groups -OCH3 is 3. The van der Waals surface area contributed by atoms with E-state index < -0.39 is 11.7 Å². The van der Waals surface area contributed by atoms with Gasteiger partial charge in [0.25, 0.3) is 0 Å². The maximum atomic E-state index is 12.5. The van der Waals surface area contributed by atoms with Crippen LogP contribution in [0.3, 0.4) is 0 Å². The minimum absolute atomic E-state index is 0.531. The first-order valence-corrected chi connectivity index (χ1v) is 8.04. The quantitative estimate of drug-likeness (QED) is 0.713. The van der Waals surface area contributed by atoms with E-state index in [1.165, 1.54) is 12.1 Å². The Balaban J connectivity index is 1.92. The van der Waals surface area contributed by atoms with Gasteiger partial charge in [0.2, 0.25) is 5.75 Å². The number of nitrogens with one attached hydrogen (secondary N) is 1. The molecular formula is C19H22F3NO3. The van der Waals surface area contributed by atoms with E-state index in [2.05, 4.69) is 5.32 Å². The molecule has 0 unspecified atom stereocenters. The van der Waals surface area contributed by atoms with Crippen molar-refractivity contribution in [3.63, 3.8) is 0 Å². The van der Waals surface area contributed by atoms with Crippen LogP contribution in [0.15, 0.2) is 36.4 Å². The minimum atomic E-state index is -4.30. The van der Waals surface area contributed by atoms with Gasteiger partial charge in [-0.1, -0.05) is 12.1 Å². The lowest BCUT2D eigenvalue weighted by atomic mass is 10.1. The molecule has 2 aromatic rings. The number of hydrogen-bond acceptors (Lipinski definition) is 4. The molecule has 0 aliphatic heterocycles. The molecule has 0 spiro atoms. The Bertz CT molecular complexity index is 690. The summed E-state index contributed by atoms with van der Waals surface area (Å²) < 4.78 is 53.5. The molecule has 26 heavy (non-hydrogen) atoms. The van der Waals surface area contributed by atoms with E-state index in [0.717, 1.165) is 23.3 Å². The van der Waals surface area contributed by atoms with Crippen molar-refractivity contribution in [2.45, 2.75) is 19.1 Å². The number of alkyl halides is 3. The van der Waals surface area contributed by atoms with Crippen molar-refractivity contribution in [1.82, 2.24) is 5.32 Å². The first-order valence-electron chi connectivity index (χ1n) is 8.04. The molecule has 0 aliphatic carbocycles. The molecule has 7 heteroatoms. The van der Waals surface area contributed by atoms with Gasteiger partial charge in [-0.2, -0.15) is 13.2 Å². The second-order valence-corrected chi connectivity index (χ2v) is 5.66. The van der Waals surface area contributed by atoms with Gasteiger partial charge in [0.1, 0.15) is 0 Å². The lowest BCUT2D eigenvalue weighted by molar-refractivity contribution is -0.137. The van der Waals surface area contributed by atoms with Crippen LogP contribution < -0.4 is 19.5 Å². The Morgan fingerprint density at radius 1 is 0.846 bits per heavy atom. The summed E-state index contributed by atoms with van der Waals surface area (Å²) in [4.78, 5) is 0. The monoisotopic (exact) mass is 369 g/mol. The van der Waals surface area contributed by atoms with E-state index in [1.54, 1.807) is 21.3 Å². The number of rotatable bonds is 8.